The largest absolute Gasteiger partial charge is 0.334 e. The molecule has 0 bridgehead atoms. The second-order valence-electron chi connectivity index (χ2n) is 6.67. The van der Waals surface area contributed by atoms with E-state index < -0.39 is 0 Å². The third kappa shape index (κ3) is 2.70. The van der Waals surface area contributed by atoms with Crippen molar-refractivity contribution in [2.75, 3.05) is 0 Å². The van der Waals surface area contributed by atoms with Crippen molar-refractivity contribution in [3.63, 3.8) is 0 Å². The maximum absolute atomic E-state index is 12.8. The highest BCUT2D eigenvalue weighted by Gasteiger charge is 2.29. The molecule has 1 amide bonds. The van der Waals surface area contributed by atoms with Crippen molar-refractivity contribution in [3.8, 4) is 0 Å². The summed E-state index contributed by atoms with van der Waals surface area (Å²) >= 11 is 0. The molecule has 116 valence electrons. The molecular weight excluding hydrogens is 282 g/mol. The van der Waals surface area contributed by atoms with Gasteiger partial charge in [-0.3, -0.25) is 4.79 Å². The number of aryl methyl sites for hydroxylation is 1. The Hall–Kier alpha value is -2.35. The summed E-state index contributed by atoms with van der Waals surface area (Å²) in [5.74, 6) is 0.509. The summed E-state index contributed by atoms with van der Waals surface area (Å²) < 4.78 is 0. The Kier molecular flexibility index (Phi) is 3.53. The van der Waals surface area contributed by atoms with Crippen LogP contribution in [0.15, 0.2) is 54.6 Å². The lowest BCUT2D eigenvalue weighted by atomic mass is 9.83. The van der Waals surface area contributed by atoms with Gasteiger partial charge in [0, 0.05) is 25.4 Å². The molecule has 0 aromatic heterocycles. The van der Waals surface area contributed by atoms with Crippen molar-refractivity contribution in [2.45, 2.75) is 38.8 Å². The third-order valence-electron chi connectivity index (χ3n) is 4.93. The van der Waals surface area contributed by atoms with Crippen LogP contribution in [-0.2, 0) is 24.3 Å². The van der Waals surface area contributed by atoms with Crippen molar-refractivity contribution in [3.05, 3.63) is 82.4 Å². The lowest BCUT2D eigenvalue weighted by Crippen LogP contribution is -2.28. The standard InChI is InChI=1S/C21H21NO/c1-15-5-2-6-16(11-15)13-22-14-19-10-4-8-17-7-3-9-18(21(17)19)12-20(22)23/h2-6,8-11,18H,7,12-14H2,1H3/t18-/m1/s1. The first kappa shape index (κ1) is 14.3. The number of allylic oxidation sites excluding steroid dienone is 2. The second kappa shape index (κ2) is 5.69. The normalized spacial score (nSPS) is 19.4. The average Bonchev–Trinajstić information content (AvgIpc) is 2.67. The van der Waals surface area contributed by atoms with Crippen LogP contribution in [0.4, 0.5) is 0 Å². The molecule has 2 aromatic rings. The zero-order chi connectivity index (χ0) is 15.8. The molecule has 23 heavy (non-hydrogen) atoms. The summed E-state index contributed by atoms with van der Waals surface area (Å²) in [4.78, 5) is 14.8. The SMILES string of the molecule is Cc1cccc(CN2Cc3cccc4c3[C@H](C=CC4)CC2=O)c1. The van der Waals surface area contributed by atoms with Gasteiger partial charge in [0.2, 0.25) is 5.91 Å². The van der Waals surface area contributed by atoms with Crippen LogP contribution in [0, 0.1) is 6.92 Å². The smallest absolute Gasteiger partial charge is 0.224 e. The number of hydrogen-bond acceptors (Lipinski definition) is 1. The van der Waals surface area contributed by atoms with E-state index in [1.165, 1.54) is 27.8 Å². The first-order valence-electron chi connectivity index (χ1n) is 8.31. The van der Waals surface area contributed by atoms with Gasteiger partial charge in [-0.25, -0.2) is 0 Å². The summed E-state index contributed by atoms with van der Waals surface area (Å²) in [6.07, 6.45) is 6.01. The second-order valence-corrected chi connectivity index (χ2v) is 6.67. The lowest BCUT2D eigenvalue weighted by molar-refractivity contribution is -0.132. The monoisotopic (exact) mass is 303 g/mol. The number of nitrogens with zero attached hydrogens (tertiary/aromatic N) is 1. The molecule has 0 unspecified atom stereocenters. The Labute approximate surface area is 137 Å². The predicted molar refractivity (Wildman–Crippen MR) is 92.1 cm³/mol. The molecule has 1 aliphatic carbocycles. The fourth-order valence-corrected chi connectivity index (χ4v) is 3.87. The van der Waals surface area contributed by atoms with Crippen LogP contribution in [0.5, 0.6) is 0 Å². The fourth-order valence-electron chi connectivity index (χ4n) is 3.87. The Bertz CT molecular complexity index is 790. The Morgan fingerprint density at radius 2 is 1.96 bits per heavy atom. The maximum atomic E-state index is 12.8. The number of rotatable bonds is 2. The minimum absolute atomic E-state index is 0.255. The molecule has 4 rings (SSSR count). The molecule has 0 N–H and O–H groups in total. The Morgan fingerprint density at radius 3 is 2.83 bits per heavy atom. The van der Waals surface area contributed by atoms with E-state index in [2.05, 4.69) is 61.5 Å². The van der Waals surface area contributed by atoms with Gasteiger partial charge in [0.25, 0.3) is 0 Å². The van der Waals surface area contributed by atoms with E-state index in [-0.39, 0.29) is 11.8 Å². The summed E-state index contributed by atoms with van der Waals surface area (Å²) in [5, 5.41) is 0. The van der Waals surface area contributed by atoms with Crippen molar-refractivity contribution >= 4 is 5.91 Å². The minimum Gasteiger partial charge on any atom is -0.334 e. The van der Waals surface area contributed by atoms with E-state index in [1.54, 1.807) is 0 Å². The highest BCUT2D eigenvalue weighted by atomic mass is 16.2. The lowest BCUT2D eigenvalue weighted by Gasteiger charge is -2.22. The summed E-state index contributed by atoms with van der Waals surface area (Å²) in [6, 6.07) is 15.0. The van der Waals surface area contributed by atoms with E-state index >= 15 is 0 Å². The molecule has 2 heteroatoms. The molecule has 2 nitrogen and oxygen atoms in total. The predicted octanol–water partition coefficient (Wildman–Crippen LogP) is 4.12. The molecule has 0 saturated carbocycles. The highest BCUT2D eigenvalue weighted by Crippen LogP contribution is 2.36. The van der Waals surface area contributed by atoms with Gasteiger partial charge in [-0.15, -0.1) is 0 Å². The van der Waals surface area contributed by atoms with Crippen molar-refractivity contribution in [1.82, 2.24) is 4.90 Å². The van der Waals surface area contributed by atoms with Crippen LogP contribution >= 0.6 is 0 Å². The van der Waals surface area contributed by atoms with Crippen molar-refractivity contribution < 1.29 is 4.79 Å². The van der Waals surface area contributed by atoms with Gasteiger partial charge in [0.1, 0.15) is 0 Å². The average molecular weight is 303 g/mol. The number of carbonyl (C=O) groups excluding carboxylic acids is 1. The van der Waals surface area contributed by atoms with Gasteiger partial charge >= 0.3 is 0 Å². The zero-order valence-electron chi connectivity index (χ0n) is 13.5. The van der Waals surface area contributed by atoms with Gasteiger partial charge in [-0.1, -0.05) is 60.2 Å². The Morgan fingerprint density at radius 1 is 1.13 bits per heavy atom. The molecule has 0 fully saturated rings. The van der Waals surface area contributed by atoms with Crippen LogP contribution in [0.2, 0.25) is 0 Å². The van der Waals surface area contributed by atoms with E-state index in [0.717, 1.165) is 13.0 Å². The molecule has 1 aliphatic heterocycles. The Balaban J connectivity index is 1.68. The van der Waals surface area contributed by atoms with Gasteiger partial charge in [0.05, 0.1) is 0 Å². The van der Waals surface area contributed by atoms with E-state index in [0.29, 0.717) is 13.0 Å². The molecule has 0 saturated heterocycles. The van der Waals surface area contributed by atoms with Crippen LogP contribution in [0.25, 0.3) is 0 Å². The molecule has 2 aliphatic rings. The number of hydrogen-bond donors (Lipinski definition) is 0. The number of carbonyl (C=O) groups is 1. The fraction of sp³-hybridized carbons (Fsp3) is 0.286. The first-order chi connectivity index (χ1) is 11.2. The summed E-state index contributed by atoms with van der Waals surface area (Å²) in [6.45, 7) is 3.51. The minimum atomic E-state index is 0.255. The van der Waals surface area contributed by atoms with Crippen molar-refractivity contribution in [2.24, 2.45) is 0 Å². The van der Waals surface area contributed by atoms with Gasteiger partial charge < -0.3 is 4.90 Å². The van der Waals surface area contributed by atoms with Gasteiger partial charge in [-0.2, -0.15) is 0 Å². The zero-order valence-corrected chi connectivity index (χ0v) is 13.5. The topological polar surface area (TPSA) is 20.3 Å². The summed E-state index contributed by atoms with van der Waals surface area (Å²) in [5.41, 5.74) is 6.55. The number of benzene rings is 2. The van der Waals surface area contributed by atoms with Gasteiger partial charge in [-0.05, 0) is 35.6 Å². The molecule has 2 aromatic carbocycles. The van der Waals surface area contributed by atoms with Crippen LogP contribution in [-0.4, -0.2) is 10.8 Å². The van der Waals surface area contributed by atoms with Crippen LogP contribution in [0.1, 0.15) is 40.2 Å². The quantitative estimate of drug-likeness (QED) is 0.764. The highest BCUT2D eigenvalue weighted by molar-refractivity contribution is 5.79. The number of amides is 1. The molecule has 1 atom stereocenters. The molecule has 0 spiro atoms. The molecule has 0 radical (unpaired) electrons. The molecule has 1 heterocycles. The van der Waals surface area contributed by atoms with E-state index in [9.17, 15) is 4.79 Å². The third-order valence-corrected chi connectivity index (χ3v) is 4.93. The molecular formula is C21H21NO. The maximum Gasteiger partial charge on any atom is 0.224 e. The van der Waals surface area contributed by atoms with Gasteiger partial charge in [0.15, 0.2) is 0 Å². The first-order valence-corrected chi connectivity index (χ1v) is 8.31. The van der Waals surface area contributed by atoms with Crippen LogP contribution < -0.4 is 0 Å². The van der Waals surface area contributed by atoms with Crippen LogP contribution in [0.3, 0.4) is 0 Å². The van der Waals surface area contributed by atoms with E-state index in [1.807, 2.05) is 4.90 Å². The van der Waals surface area contributed by atoms with E-state index in [4.69, 9.17) is 0 Å². The van der Waals surface area contributed by atoms with Crippen molar-refractivity contribution in [1.29, 1.82) is 0 Å². The summed E-state index contributed by atoms with van der Waals surface area (Å²) in [7, 11) is 0.